The van der Waals surface area contributed by atoms with E-state index in [1.807, 2.05) is 24.2 Å². The van der Waals surface area contributed by atoms with Crippen molar-refractivity contribution in [3.8, 4) is 0 Å². The van der Waals surface area contributed by atoms with Crippen molar-refractivity contribution in [2.24, 2.45) is 5.92 Å². The van der Waals surface area contributed by atoms with Gasteiger partial charge >= 0.3 is 0 Å². The monoisotopic (exact) mass is 304 g/mol. The van der Waals surface area contributed by atoms with Gasteiger partial charge in [-0.2, -0.15) is 0 Å². The number of hydrogen-bond donors (Lipinski definition) is 0. The molecule has 120 valence electrons. The summed E-state index contributed by atoms with van der Waals surface area (Å²) in [4.78, 5) is 18.2. The molecule has 1 aliphatic heterocycles. The molecule has 0 atom stereocenters. The van der Waals surface area contributed by atoms with Gasteiger partial charge in [0.25, 0.3) is 0 Å². The van der Waals surface area contributed by atoms with Crippen LogP contribution in [0.1, 0.15) is 36.5 Å². The first-order valence-electron chi connectivity index (χ1n) is 8.15. The van der Waals surface area contributed by atoms with Crippen molar-refractivity contribution in [1.82, 2.24) is 9.88 Å². The van der Waals surface area contributed by atoms with Crippen LogP contribution in [0.2, 0.25) is 0 Å². The van der Waals surface area contributed by atoms with Crippen LogP contribution in [-0.2, 0) is 33.8 Å². The van der Waals surface area contributed by atoms with Crippen LogP contribution in [0, 0.1) is 5.92 Å². The van der Waals surface area contributed by atoms with Crippen LogP contribution in [0.5, 0.6) is 0 Å². The van der Waals surface area contributed by atoms with E-state index in [2.05, 4.69) is 4.98 Å². The summed E-state index contributed by atoms with van der Waals surface area (Å²) >= 11 is 0. The summed E-state index contributed by atoms with van der Waals surface area (Å²) < 4.78 is 11.0. The van der Waals surface area contributed by atoms with Crippen LogP contribution in [0.25, 0.3) is 0 Å². The number of carbonyl (C=O) groups excluding carboxylic acids is 1. The first-order chi connectivity index (χ1) is 10.8. The molecule has 0 saturated heterocycles. The van der Waals surface area contributed by atoms with Crippen molar-refractivity contribution >= 4 is 5.91 Å². The third-order valence-corrected chi connectivity index (χ3v) is 4.32. The summed E-state index contributed by atoms with van der Waals surface area (Å²) in [6.45, 7) is 5.52. The van der Waals surface area contributed by atoms with Crippen molar-refractivity contribution in [3.05, 3.63) is 29.1 Å². The Labute approximate surface area is 131 Å². The summed E-state index contributed by atoms with van der Waals surface area (Å²) in [5, 5.41) is 0. The lowest BCUT2D eigenvalue weighted by molar-refractivity contribution is -0.136. The maximum atomic E-state index is 12.1. The van der Waals surface area contributed by atoms with E-state index < -0.39 is 0 Å². The van der Waals surface area contributed by atoms with E-state index in [1.54, 1.807) is 0 Å². The third-order valence-electron chi connectivity index (χ3n) is 4.32. The van der Waals surface area contributed by atoms with Gasteiger partial charge < -0.3 is 14.4 Å². The van der Waals surface area contributed by atoms with E-state index in [0.29, 0.717) is 19.8 Å². The SMILES string of the molecule is CCOCC(=O)N1CCc2c(COCC3CC3)cncc2C1. The molecule has 1 aromatic heterocycles. The topological polar surface area (TPSA) is 51.7 Å². The second kappa shape index (κ2) is 7.20. The van der Waals surface area contributed by atoms with Crippen molar-refractivity contribution in [2.75, 3.05) is 26.4 Å². The Morgan fingerprint density at radius 1 is 1.36 bits per heavy atom. The second-order valence-electron chi connectivity index (χ2n) is 6.10. The Morgan fingerprint density at radius 2 is 2.23 bits per heavy atom. The number of ether oxygens (including phenoxy) is 2. The van der Waals surface area contributed by atoms with Crippen LogP contribution in [0.15, 0.2) is 12.4 Å². The Hall–Kier alpha value is -1.46. The average molecular weight is 304 g/mol. The van der Waals surface area contributed by atoms with Gasteiger partial charge in [0.1, 0.15) is 6.61 Å². The predicted octanol–water partition coefficient (Wildman–Crippen LogP) is 1.93. The van der Waals surface area contributed by atoms with Crippen LogP contribution in [-0.4, -0.2) is 42.2 Å². The third kappa shape index (κ3) is 3.84. The van der Waals surface area contributed by atoms with Crippen LogP contribution in [0.3, 0.4) is 0 Å². The van der Waals surface area contributed by atoms with Gasteiger partial charge in [-0.05, 0) is 48.8 Å². The summed E-state index contributed by atoms with van der Waals surface area (Å²) in [6.07, 6.45) is 7.27. The number of rotatable bonds is 7. The van der Waals surface area contributed by atoms with Gasteiger partial charge in [-0.25, -0.2) is 0 Å². The fourth-order valence-corrected chi connectivity index (χ4v) is 2.81. The number of amides is 1. The molecule has 1 aromatic rings. The number of hydrogen-bond acceptors (Lipinski definition) is 4. The quantitative estimate of drug-likeness (QED) is 0.772. The fraction of sp³-hybridized carbons (Fsp3) is 0.647. The molecule has 22 heavy (non-hydrogen) atoms. The number of pyridine rings is 1. The molecule has 2 aliphatic rings. The highest BCUT2D eigenvalue weighted by molar-refractivity contribution is 5.77. The number of aromatic nitrogens is 1. The molecule has 1 amide bonds. The molecule has 1 saturated carbocycles. The molecular weight excluding hydrogens is 280 g/mol. The minimum absolute atomic E-state index is 0.0582. The molecule has 1 aliphatic carbocycles. The highest BCUT2D eigenvalue weighted by atomic mass is 16.5. The van der Waals surface area contributed by atoms with Crippen molar-refractivity contribution < 1.29 is 14.3 Å². The van der Waals surface area contributed by atoms with Gasteiger partial charge in [0.05, 0.1) is 6.61 Å². The van der Waals surface area contributed by atoms with E-state index in [-0.39, 0.29) is 12.5 Å². The molecule has 3 rings (SSSR count). The predicted molar refractivity (Wildman–Crippen MR) is 82.2 cm³/mol. The molecule has 5 nitrogen and oxygen atoms in total. The van der Waals surface area contributed by atoms with E-state index in [1.165, 1.54) is 24.0 Å². The van der Waals surface area contributed by atoms with E-state index >= 15 is 0 Å². The number of nitrogens with zero attached hydrogens (tertiary/aromatic N) is 2. The number of fused-ring (bicyclic) bond motifs is 1. The van der Waals surface area contributed by atoms with E-state index in [9.17, 15) is 4.79 Å². The smallest absolute Gasteiger partial charge is 0.248 e. The van der Waals surface area contributed by atoms with Gasteiger partial charge in [0.2, 0.25) is 5.91 Å². The Kier molecular flexibility index (Phi) is 5.05. The van der Waals surface area contributed by atoms with Gasteiger partial charge in [-0.1, -0.05) is 0 Å². The number of carbonyl (C=O) groups is 1. The van der Waals surface area contributed by atoms with Crippen molar-refractivity contribution in [3.63, 3.8) is 0 Å². The summed E-state index contributed by atoms with van der Waals surface area (Å²) in [5.74, 6) is 0.835. The fourth-order valence-electron chi connectivity index (χ4n) is 2.81. The van der Waals surface area contributed by atoms with Crippen LogP contribution >= 0.6 is 0 Å². The zero-order valence-electron chi connectivity index (χ0n) is 13.2. The lowest BCUT2D eigenvalue weighted by Gasteiger charge is -2.29. The molecule has 1 fully saturated rings. The Bertz CT molecular complexity index is 529. The summed E-state index contributed by atoms with van der Waals surface area (Å²) in [7, 11) is 0. The maximum Gasteiger partial charge on any atom is 0.248 e. The molecule has 0 radical (unpaired) electrons. The Morgan fingerprint density at radius 3 is 3.00 bits per heavy atom. The molecule has 5 heteroatoms. The van der Waals surface area contributed by atoms with E-state index in [0.717, 1.165) is 31.1 Å². The lowest BCUT2D eigenvalue weighted by Crippen LogP contribution is -2.38. The maximum absolute atomic E-state index is 12.1. The molecular formula is C17H24N2O3. The average Bonchev–Trinajstić information content (AvgIpc) is 3.36. The minimum Gasteiger partial charge on any atom is -0.376 e. The molecule has 0 N–H and O–H groups in total. The van der Waals surface area contributed by atoms with Crippen molar-refractivity contribution in [1.29, 1.82) is 0 Å². The van der Waals surface area contributed by atoms with Crippen molar-refractivity contribution in [2.45, 2.75) is 39.3 Å². The molecule has 0 unspecified atom stereocenters. The van der Waals surface area contributed by atoms with Gasteiger partial charge in [-0.3, -0.25) is 9.78 Å². The molecule has 0 aromatic carbocycles. The molecule has 0 bridgehead atoms. The molecule has 0 spiro atoms. The Balaban J connectivity index is 1.60. The normalized spacial score (nSPS) is 17.4. The minimum atomic E-state index is 0.0582. The zero-order valence-corrected chi connectivity index (χ0v) is 13.2. The van der Waals surface area contributed by atoms with Gasteiger partial charge in [0, 0.05) is 38.7 Å². The standard InChI is InChI=1S/C17H24N2O3/c1-2-21-12-17(20)19-6-5-16-14(9-19)7-18-8-15(16)11-22-10-13-3-4-13/h7-8,13H,2-6,9-12H2,1H3. The van der Waals surface area contributed by atoms with Gasteiger partial charge in [0.15, 0.2) is 0 Å². The lowest BCUT2D eigenvalue weighted by atomic mass is 9.97. The first-order valence-corrected chi connectivity index (χ1v) is 8.15. The summed E-state index contributed by atoms with van der Waals surface area (Å²) in [5.41, 5.74) is 3.63. The van der Waals surface area contributed by atoms with Gasteiger partial charge in [-0.15, -0.1) is 0 Å². The molecule has 2 heterocycles. The highest BCUT2D eigenvalue weighted by Gasteiger charge is 2.24. The van der Waals surface area contributed by atoms with Crippen LogP contribution < -0.4 is 0 Å². The van der Waals surface area contributed by atoms with E-state index in [4.69, 9.17) is 9.47 Å². The first kappa shape index (κ1) is 15.4. The van der Waals surface area contributed by atoms with Crippen LogP contribution in [0.4, 0.5) is 0 Å². The zero-order chi connectivity index (χ0) is 15.4. The largest absolute Gasteiger partial charge is 0.376 e. The highest BCUT2D eigenvalue weighted by Crippen LogP contribution is 2.29. The summed E-state index contributed by atoms with van der Waals surface area (Å²) in [6, 6.07) is 0. The second-order valence-corrected chi connectivity index (χ2v) is 6.10.